The zero-order chi connectivity index (χ0) is 17.6. The van der Waals surface area contributed by atoms with Crippen molar-refractivity contribution in [3.05, 3.63) is 29.8 Å². The fourth-order valence-corrected chi connectivity index (χ4v) is 3.40. The first kappa shape index (κ1) is 21.8. The second kappa shape index (κ2) is 10.0. The van der Waals surface area contributed by atoms with Crippen molar-refractivity contribution < 1.29 is 22.3 Å². The van der Waals surface area contributed by atoms with Crippen LogP contribution in [0.4, 0.5) is 4.39 Å². The number of hydrogen-bond donors (Lipinski definition) is 3. The van der Waals surface area contributed by atoms with Crippen molar-refractivity contribution in [3.8, 4) is 0 Å². The molecule has 1 heterocycles. The second-order valence-corrected chi connectivity index (χ2v) is 7.33. The van der Waals surface area contributed by atoms with Crippen molar-refractivity contribution in [2.45, 2.75) is 23.5 Å². The first-order valence-corrected chi connectivity index (χ1v) is 9.15. The van der Waals surface area contributed by atoms with Gasteiger partial charge in [0.1, 0.15) is 6.17 Å². The van der Waals surface area contributed by atoms with Crippen LogP contribution in [0.1, 0.15) is 16.8 Å². The molecule has 2 atom stereocenters. The maximum atomic E-state index is 13.0. The fraction of sp³-hybridized carbons (Fsp3) is 0.533. The van der Waals surface area contributed by atoms with Crippen LogP contribution < -0.4 is 15.4 Å². The zero-order valence-electron chi connectivity index (χ0n) is 13.8. The van der Waals surface area contributed by atoms with Crippen molar-refractivity contribution in [3.63, 3.8) is 0 Å². The highest BCUT2D eigenvalue weighted by Gasteiger charge is 2.23. The number of rotatable bonds is 8. The van der Waals surface area contributed by atoms with Gasteiger partial charge in [0.2, 0.25) is 10.0 Å². The summed E-state index contributed by atoms with van der Waals surface area (Å²) in [6.07, 6.45) is -0.494. The topological polar surface area (TPSA) is 96.5 Å². The number of hydrogen-bond acceptors (Lipinski definition) is 5. The predicted molar refractivity (Wildman–Crippen MR) is 94.4 cm³/mol. The van der Waals surface area contributed by atoms with E-state index in [2.05, 4.69) is 15.4 Å². The van der Waals surface area contributed by atoms with E-state index in [9.17, 15) is 17.6 Å². The van der Waals surface area contributed by atoms with Gasteiger partial charge < -0.3 is 15.4 Å². The molecule has 0 unspecified atom stereocenters. The summed E-state index contributed by atoms with van der Waals surface area (Å²) in [6.45, 7) is 1.08. The Balaban J connectivity index is 0.00000312. The molecule has 1 aromatic carbocycles. The summed E-state index contributed by atoms with van der Waals surface area (Å²) in [5, 5.41) is 5.69. The molecule has 1 amide bonds. The standard InChI is InChI=1S/C15H22FN3O4S.ClH/c1-23-7-6-19-24(21,22)14-4-2-11(3-5-14)15(20)18-10-13-8-12(16)9-17-13;/h2-5,12-13,17,19H,6-10H2,1H3,(H,18,20);1H/t12-,13-;/m0./s1. The fourth-order valence-electron chi connectivity index (χ4n) is 2.39. The third-order valence-electron chi connectivity index (χ3n) is 3.70. The molecule has 2 rings (SSSR count). The van der Waals surface area contributed by atoms with Crippen LogP contribution in [0.3, 0.4) is 0 Å². The third kappa shape index (κ3) is 6.52. The van der Waals surface area contributed by atoms with Gasteiger partial charge in [0.25, 0.3) is 5.91 Å². The highest BCUT2D eigenvalue weighted by atomic mass is 35.5. The highest BCUT2D eigenvalue weighted by Crippen LogP contribution is 2.11. The Morgan fingerprint density at radius 2 is 2.04 bits per heavy atom. The lowest BCUT2D eigenvalue weighted by molar-refractivity contribution is 0.0950. The van der Waals surface area contributed by atoms with E-state index in [4.69, 9.17) is 4.74 Å². The van der Waals surface area contributed by atoms with Crippen molar-refractivity contribution in [1.29, 1.82) is 0 Å². The molecule has 0 aliphatic carbocycles. The van der Waals surface area contributed by atoms with Crippen LogP contribution in [-0.2, 0) is 14.8 Å². The first-order chi connectivity index (χ1) is 11.4. The number of alkyl halides is 1. The molecule has 0 aromatic heterocycles. The van der Waals surface area contributed by atoms with E-state index >= 15 is 0 Å². The van der Waals surface area contributed by atoms with Crippen molar-refractivity contribution in [2.75, 3.05) is 33.4 Å². The summed E-state index contributed by atoms with van der Waals surface area (Å²) in [5.74, 6) is -0.324. The molecule has 0 saturated carbocycles. The quantitative estimate of drug-likeness (QED) is 0.556. The number of sulfonamides is 1. The molecule has 142 valence electrons. The Morgan fingerprint density at radius 1 is 1.36 bits per heavy atom. The lowest BCUT2D eigenvalue weighted by atomic mass is 10.2. The summed E-state index contributed by atoms with van der Waals surface area (Å²) in [5.41, 5.74) is 0.348. The Bertz CT molecular complexity index is 657. The monoisotopic (exact) mass is 395 g/mol. The van der Waals surface area contributed by atoms with Gasteiger partial charge in [-0.05, 0) is 30.7 Å². The van der Waals surface area contributed by atoms with Gasteiger partial charge in [-0.15, -0.1) is 12.4 Å². The highest BCUT2D eigenvalue weighted by molar-refractivity contribution is 7.89. The van der Waals surface area contributed by atoms with Gasteiger partial charge in [0, 0.05) is 38.3 Å². The van der Waals surface area contributed by atoms with Crippen LogP contribution in [0, 0.1) is 0 Å². The minimum absolute atomic E-state index is 0. The molecule has 1 aliphatic rings. The average Bonchev–Trinajstić information content (AvgIpc) is 2.98. The number of ether oxygens (including phenoxy) is 1. The average molecular weight is 396 g/mol. The summed E-state index contributed by atoms with van der Waals surface area (Å²) in [6, 6.07) is 5.56. The first-order valence-electron chi connectivity index (χ1n) is 7.66. The molecule has 1 saturated heterocycles. The molecule has 1 fully saturated rings. The van der Waals surface area contributed by atoms with E-state index < -0.39 is 16.2 Å². The lowest BCUT2D eigenvalue weighted by Gasteiger charge is -2.11. The Labute approximate surface area is 153 Å². The van der Waals surface area contributed by atoms with Crippen LogP contribution >= 0.6 is 12.4 Å². The van der Waals surface area contributed by atoms with Gasteiger partial charge in [-0.2, -0.15) is 0 Å². The SMILES string of the molecule is COCCNS(=O)(=O)c1ccc(C(=O)NC[C@@H]2C[C@H](F)CN2)cc1.Cl. The predicted octanol–water partition coefficient (Wildman–Crippen LogP) is 0.463. The van der Waals surface area contributed by atoms with Gasteiger partial charge in [0.15, 0.2) is 0 Å². The normalized spacial score (nSPS) is 20.1. The minimum Gasteiger partial charge on any atom is -0.383 e. The van der Waals surface area contributed by atoms with Gasteiger partial charge in [-0.1, -0.05) is 0 Å². The molecule has 0 spiro atoms. The number of carbonyl (C=O) groups is 1. The van der Waals surface area contributed by atoms with Crippen molar-refractivity contribution >= 4 is 28.3 Å². The van der Waals surface area contributed by atoms with Crippen LogP contribution in [0.25, 0.3) is 0 Å². The molecule has 1 aromatic rings. The maximum Gasteiger partial charge on any atom is 0.251 e. The summed E-state index contributed by atoms with van der Waals surface area (Å²) in [4.78, 5) is 12.1. The van der Waals surface area contributed by atoms with Gasteiger partial charge >= 0.3 is 0 Å². The number of amides is 1. The lowest BCUT2D eigenvalue weighted by Crippen LogP contribution is -2.37. The molecule has 10 heteroatoms. The number of nitrogens with one attached hydrogen (secondary N) is 3. The summed E-state index contributed by atoms with van der Waals surface area (Å²) in [7, 11) is -2.14. The zero-order valence-corrected chi connectivity index (χ0v) is 15.5. The van der Waals surface area contributed by atoms with Crippen LogP contribution in [-0.4, -0.2) is 59.9 Å². The van der Waals surface area contributed by atoms with Gasteiger partial charge in [0.05, 0.1) is 11.5 Å². The Kier molecular flexibility index (Phi) is 8.74. The summed E-state index contributed by atoms with van der Waals surface area (Å²) < 4.78 is 44.2. The molecular formula is C15H23ClFN3O4S. The van der Waals surface area contributed by atoms with Crippen molar-refractivity contribution in [2.24, 2.45) is 0 Å². The molecular weight excluding hydrogens is 373 g/mol. The molecule has 0 bridgehead atoms. The number of halogens is 2. The minimum atomic E-state index is -3.62. The maximum absolute atomic E-state index is 13.0. The Hall–Kier alpha value is -1.26. The van der Waals surface area contributed by atoms with Gasteiger partial charge in [-0.3, -0.25) is 4.79 Å². The van der Waals surface area contributed by atoms with E-state index in [1.54, 1.807) is 0 Å². The second-order valence-electron chi connectivity index (χ2n) is 5.56. The van der Waals surface area contributed by atoms with Crippen molar-refractivity contribution in [1.82, 2.24) is 15.4 Å². The van der Waals surface area contributed by atoms with E-state index in [0.717, 1.165) is 0 Å². The largest absolute Gasteiger partial charge is 0.383 e. The molecule has 25 heavy (non-hydrogen) atoms. The van der Waals surface area contributed by atoms with Crippen LogP contribution in [0.15, 0.2) is 29.2 Å². The Morgan fingerprint density at radius 3 is 2.60 bits per heavy atom. The van der Waals surface area contributed by atoms with E-state index in [1.165, 1.54) is 31.4 Å². The number of benzene rings is 1. The van der Waals surface area contributed by atoms with Crippen LogP contribution in [0.2, 0.25) is 0 Å². The van der Waals surface area contributed by atoms with E-state index in [1.807, 2.05) is 0 Å². The number of methoxy groups -OCH3 is 1. The van der Waals surface area contributed by atoms with E-state index in [-0.39, 0.29) is 42.4 Å². The molecule has 0 radical (unpaired) electrons. The molecule has 7 nitrogen and oxygen atoms in total. The molecule has 1 aliphatic heterocycles. The number of carbonyl (C=O) groups excluding carboxylic acids is 1. The van der Waals surface area contributed by atoms with E-state index in [0.29, 0.717) is 25.1 Å². The van der Waals surface area contributed by atoms with Crippen LogP contribution in [0.5, 0.6) is 0 Å². The molecule has 3 N–H and O–H groups in total. The summed E-state index contributed by atoms with van der Waals surface area (Å²) >= 11 is 0. The van der Waals surface area contributed by atoms with Gasteiger partial charge in [-0.25, -0.2) is 17.5 Å². The smallest absolute Gasteiger partial charge is 0.251 e. The third-order valence-corrected chi connectivity index (χ3v) is 5.18.